The van der Waals surface area contributed by atoms with Crippen molar-refractivity contribution in [2.24, 2.45) is 0 Å². The number of ether oxygens (including phenoxy) is 1. The van der Waals surface area contributed by atoms with E-state index in [1.165, 1.54) is 0 Å². The second-order valence-electron chi connectivity index (χ2n) is 4.00. The second kappa shape index (κ2) is 4.55. The highest BCUT2D eigenvalue weighted by Crippen LogP contribution is 2.25. The third kappa shape index (κ3) is 2.04. The Bertz CT molecular complexity index is 753. The average Bonchev–Trinajstić information content (AvgIpc) is 2.73. The summed E-state index contributed by atoms with van der Waals surface area (Å²) in [4.78, 5) is 8.68. The SMILES string of the molecule is COc1cccc(-n2c(N)nc3cc(Br)cnc32)c1. The lowest BCUT2D eigenvalue weighted by Gasteiger charge is -2.07. The van der Waals surface area contributed by atoms with E-state index in [4.69, 9.17) is 10.5 Å². The number of rotatable bonds is 2. The number of benzene rings is 1. The molecule has 0 aliphatic rings. The molecule has 19 heavy (non-hydrogen) atoms. The first-order valence-corrected chi connectivity index (χ1v) is 6.42. The van der Waals surface area contributed by atoms with Crippen LogP contribution >= 0.6 is 15.9 Å². The summed E-state index contributed by atoms with van der Waals surface area (Å²) in [6.45, 7) is 0. The van der Waals surface area contributed by atoms with Crippen molar-refractivity contribution in [3.63, 3.8) is 0 Å². The fourth-order valence-corrected chi connectivity index (χ4v) is 2.28. The molecule has 0 aliphatic carbocycles. The van der Waals surface area contributed by atoms with Crippen molar-refractivity contribution in [2.45, 2.75) is 0 Å². The predicted molar refractivity (Wildman–Crippen MR) is 77.5 cm³/mol. The number of halogens is 1. The van der Waals surface area contributed by atoms with Crippen molar-refractivity contribution in [1.29, 1.82) is 0 Å². The smallest absolute Gasteiger partial charge is 0.207 e. The second-order valence-corrected chi connectivity index (χ2v) is 4.92. The van der Waals surface area contributed by atoms with Crippen molar-refractivity contribution in [2.75, 3.05) is 12.8 Å². The molecule has 1 aromatic carbocycles. The van der Waals surface area contributed by atoms with E-state index in [2.05, 4.69) is 25.9 Å². The Morgan fingerprint density at radius 1 is 1.32 bits per heavy atom. The normalized spacial score (nSPS) is 10.8. The standard InChI is InChI=1S/C13H11BrN4O/c1-19-10-4-2-3-9(6-10)18-12-11(17-13(18)15)5-8(14)7-16-12/h2-7H,1H3,(H2,15,17). The number of nitrogens with two attached hydrogens (primary N) is 1. The van der Waals surface area contributed by atoms with Gasteiger partial charge >= 0.3 is 0 Å². The van der Waals surface area contributed by atoms with Gasteiger partial charge in [0.25, 0.3) is 0 Å². The number of methoxy groups -OCH3 is 1. The molecule has 0 saturated heterocycles. The molecular formula is C13H11BrN4O. The third-order valence-electron chi connectivity index (χ3n) is 2.80. The number of pyridine rings is 1. The minimum absolute atomic E-state index is 0.397. The summed E-state index contributed by atoms with van der Waals surface area (Å²) < 4.78 is 7.89. The first-order chi connectivity index (χ1) is 9.19. The summed E-state index contributed by atoms with van der Waals surface area (Å²) in [5.74, 6) is 1.16. The molecule has 0 saturated carbocycles. The van der Waals surface area contributed by atoms with Gasteiger partial charge in [0.2, 0.25) is 5.95 Å². The van der Waals surface area contributed by atoms with Crippen LogP contribution in [0.25, 0.3) is 16.9 Å². The maximum Gasteiger partial charge on any atom is 0.207 e. The largest absolute Gasteiger partial charge is 0.497 e. The lowest BCUT2D eigenvalue weighted by Crippen LogP contribution is -2.01. The van der Waals surface area contributed by atoms with Crippen LogP contribution in [0.4, 0.5) is 5.95 Å². The lowest BCUT2D eigenvalue weighted by molar-refractivity contribution is 0.414. The number of nitrogen functional groups attached to an aromatic ring is 1. The lowest BCUT2D eigenvalue weighted by atomic mass is 10.3. The molecule has 3 aromatic rings. The van der Waals surface area contributed by atoms with Gasteiger partial charge in [0.05, 0.1) is 12.8 Å². The quantitative estimate of drug-likeness (QED) is 0.789. The Labute approximate surface area is 118 Å². The molecule has 0 unspecified atom stereocenters. The maximum absolute atomic E-state index is 5.98. The minimum atomic E-state index is 0.397. The van der Waals surface area contributed by atoms with E-state index >= 15 is 0 Å². The van der Waals surface area contributed by atoms with Gasteiger partial charge in [-0.3, -0.25) is 4.57 Å². The van der Waals surface area contributed by atoms with Crippen LogP contribution in [0.2, 0.25) is 0 Å². The first-order valence-electron chi connectivity index (χ1n) is 5.63. The number of nitrogens with zero attached hydrogens (tertiary/aromatic N) is 3. The fourth-order valence-electron chi connectivity index (χ4n) is 1.96. The van der Waals surface area contributed by atoms with Gasteiger partial charge in [-0.1, -0.05) is 6.07 Å². The topological polar surface area (TPSA) is 66.0 Å². The molecule has 0 amide bonds. The van der Waals surface area contributed by atoms with Gasteiger partial charge in [0.15, 0.2) is 5.65 Å². The van der Waals surface area contributed by atoms with Crippen molar-refractivity contribution < 1.29 is 4.74 Å². The zero-order valence-electron chi connectivity index (χ0n) is 10.2. The Hall–Kier alpha value is -2.08. The van der Waals surface area contributed by atoms with Crippen molar-refractivity contribution in [3.8, 4) is 11.4 Å². The van der Waals surface area contributed by atoms with E-state index < -0.39 is 0 Å². The van der Waals surface area contributed by atoms with Crippen molar-refractivity contribution >= 4 is 33.0 Å². The van der Waals surface area contributed by atoms with Gasteiger partial charge in [-0.15, -0.1) is 0 Å². The number of hydrogen-bond donors (Lipinski definition) is 1. The van der Waals surface area contributed by atoms with E-state index in [9.17, 15) is 0 Å². The molecule has 0 radical (unpaired) electrons. The minimum Gasteiger partial charge on any atom is -0.497 e. The van der Waals surface area contributed by atoms with Crippen molar-refractivity contribution in [1.82, 2.24) is 14.5 Å². The molecule has 2 N–H and O–H groups in total. The van der Waals surface area contributed by atoms with E-state index in [0.717, 1.165) is 21.4 Å². The van der Waals surface area contributed by atoms with E-state index in [-0.39, 0.29) is 0 Å². The Morgan fingerprint density at radius 3 is 2.95 bits per heavy atom. The molecule has 5 nitrogen and oxygen atoms in total. The van der Waals surface area contributed by atoms with Gasteiger partial charge in [0.1, 0.15) is 11.3 Å². The van der Waals surface area contributed by atoms with E-state index in [1.807, 2.05) is 30.3 Å². The van der Waals surface area contributed by atoms with Gasteiger partial charge in [-0.05, 0) is 34.1 Å². The number of hydrogen-bond acceptors (Lipinski definition) is 4. The number of aromatic nitrogens is 3. The molecule has 0 spiro atoms. The molecular weight excluding hydrogens is 308 g/mol. The zero-order valence-corrected chi connectivity index (χ0v) is 11.8. The molecule has 2 heterocycles. The van der Waals surface area contributed by atoms with Gasteiger partial charge in [-0.2, -0.15) is 0 Å². The summed E-state index contributed by atoms with van der Waals surface area (Å²) in [6.07, 6.45) is 1.72. The Morgan fingerprint density at radius 2 is 2.16 bits per heavy atom. The van der Waals surface area contributed by atoms with Crippen LogP contribution < -0.4 is 10.5 Å². The molecule has 6 heteroatoms. The van der Waals surface area contributed by atoms with Crippen LogP contribution in [-0.4, -0.2) is 21.6 Å². The highest BCUT2D eigenvalue weighted by atomic mass is 79.9. The average molecular weight is 319 g/mol. The van der Waals surface area contributed by atoms with Crippen molar-refractivity contribution in [3.05, 3.63) is 41.0 Å². The summed E-state index contributed by atoms with van der Waals surface area (Å²) in [5.41, 5.74) is 8.31. The highest BCUT2D eigenvalue weighted by molar-refractivity contribution is 9.10. The van der Waals surface area contributed by atoms with Crippen LogP contribution in [0.3, 0.4) is 0 Å². The molecule has 96 valence electrons. The number of imidazole rings is 1. The molecule has 0 atom stereocenters. The summed E-state index contributed by atoms with van der Waals surface area (Å²) in [6, 6.07) is 9.49. The molecule has 3 rings (SSSR count). The number of fused-ring (bicyclic) bond motifs is 1. The fraction of sp³-hybridized carbons (Fsp3) is 0.0769. The maximum atomic E-state index is 5.98. The van der Waals surface area contributed by atoms with Gasteiger partial charge in [0, 0.05) is 16.7 Å². The molecule has 0 fully saturated rings. The monoisotopic (exact) mass is 318 g/mol. The molecule has 0 aliphatic heterocycles. The predicted octanol–water partition coefficient (Wildman–Crippen LogP) is 2.77. The van der Waals surface area contributed by atoms with Crippen LogP contribution in [-0.2, 0) is 0 Å². The van der Waals surface area contributed by atoms with Gasteiger partial charge in [-0.25, -0.2) is 9.97 Å². The van der Waals surface area contributed by atoms with Gasteiger partial charge < -0.3 is 10.5 Å². The molecule has 2 aromatic heterocycles. The summed E-state index contributed by atoms with van der Waals surface area (Å²) in [7, 11) is 1.63. The van der Waals surface area contributed by atoms with Crippen LogP contribution in [0.5, 0.6) is 5.75 Å². The van der Waals surface area contributed by atoms with Crippen LogP contribution in [0, 0.1) is 0 Å². The third-order valence-corrected chi connectivity index (χ3v) is 3.23. The Kier molecular flexibility index (Phi) is 2.87. The van der Waals surface area contributed by atoms with E-state index in [0.29, 0.717) is 11.6 Å². The number of anilines is 1. The zero-order chi connectivity index (χ0) is 13.4. The summed E-state index contributed by atoms with van der Waals surface area (Å²) in [5, 5.41) is 0. The van der Waals surface area contributed by atoms with E-state index in [1.54, 1.807) is 17.9 Å². The summed E-state index contributed by atoms with van der Waals surface area (Å²) >= 11 is 3.37. The first kappa shape index (κ1) is 12.0. The van der Waals surface area contributed by atoms with Crippen LogP contribution in [0.15, 0.2) is 41.0 Å². The van der Waals surface area contributed by atoms with Crippen LogP contribution in [0.1, 0.15) is 0 Å². The highest BCUT2D eigenvalue weighted by Gasteiger charge is 2.12. The molecule has 0 bridgehead atoms. The Balaban J connectivity index is 2.26.